The Morgan fingerprint density at radius 2 is 2.15 bits per heavy atom. The third-order valence-corrected chi connectivity index (χ3v) is 3.63. The molecular weight excluding hydrogens is 256 g/mol. The fourth-order valence-corrected chi connectivity index (χ4v) is 2.21. The molecule has 0 atom stereocenters. The van der Waals surface area contributed by atoms with Crippen LogP contribution in [0.1, 0.15) is 12.8 Å². The Kier molecular flexibility index (Phi) is 2.78. The molecule has 0 spiro atoms. The maximum absolute atomic E-state index is 12.2. The monoisotopic (exact) mass is 270 g/mol. The molecule has 6 heteroatoms. The minimum absolute atomic E-state index is 0.0382. The molecule has 0 radical (unpaired) electrons. The van der Waals surface area contributed by atoms with Gasteiger partial charge in [-0.05, 0) is 25.0 Å². The van der Waals surface area contributed by atoms with Gasteiger partial charge in [0, 0.05) is 5.39 Å². The molecule has 1 heterocycles. The molecule has 1 aliphatic carbocycles. The van der Waals surface area contributed by atoms with Crippen molar-refractivity contribution in [3.63, 3.8) is 0 Å². The molecule has 1 amide bonds. The molecule has 4 N–H and O–H groups in total. The summed E-state index contributed by atoms with van der Waals surface area (Å²) in [6, 6.07) is 9.50. The quantitative estimate of drug-likeness (QED) is 0.342. The Balaban J connectivity index is 1.85. The predicted octanol–water partition coefficient (Wildman–Crippen LogP) is 1.70. The zero-order valence-electron chi connectivity index (χ0n) is 10.7. The normalized spacial score (nSPS) is 16.9. The fraction of sp³-hybridized carbons (Fsp3) is 0.214. The lowest BCUT2D eigenvalue weighted by Crippen LogP contribution is -2.36. The van der Waals surface area contributed by atoms with Crippen LogP contribution in [0.4, 0.5) is 5.69 Å². The maximum Gasteiger partial charge on any atom is 0.238 e. The Morgan fingerprint density at radius 3 is 2.85 bits per heavy atom. The van der Waals surface area contributed by atoms with Crippen LogP contribution in [0, 0.1) is 5.41 Å². The van der Waals surface area contributed by atoms with Crippen LogP contribution in [-0.4, -0.2) is 21.9 Å². The smallest absolute Gasteiger partial charge is 0.238 e. The van der Waals surface area contributed by atoms with Crippen molar-refractivity contribution in [1.29, 1.82) is 0 Å². The molecule has 0 aliphatic heterocycles. The highest BCUT2D eigenvalue weighted by molar-refractivity contribution is 6.14. The predicted molar refractivity (Wildman–Crippen MR) is 75.4 cm³/mol. The molecule has 0 saturated heterocycles. The van der Waals surface area contributed by atoms with Crippen molar-refractivity contribution in [2.45, 2.75) is 12.8 Å². The summed E-state index contributed by atoms with van der Waals surface area (Å²) in [5.41, 5.74) is 6.19. The molecule has 20 heavy (non-hydrogen) atoms. The van der Waals surface area contributed by atoms with E-state index < -0.39 is 5.41 Å². The maximum atomic E-state index is 12.2. The summed E-state index contributed by atoms with van der Waals surface area (Å²) in [7, 11) is 0. The molecule has 3 rings (SSSR count). The number of carbonyl (C=O) groups is 1. The van der Waals surface area contributed by atoms with Crippen LogP contribution in [-0.2, 0) is 4.79 Å². The van der Waals surface area contributed by atoms with Crippen molar-refractivity contribution in [1.82, 2.24) is 4.98 Å². The van der Waals surface area contributed by atoms with Crippen LogP contribution in [0.15, 0.2) is 41.7 Å². The van der Waals surface area contributed by atoms with Crippen LogP contribution in [0.5, 0.6) is 0 Å². The zero-order valence-corrected chi connectivity index (χ0v) is 10.7. The van der Waals surface area contributed by atoms with E-state index in [1.54, 1.807) is 6.20 Å². The molecule has 102 valence electrons. The molecule has 0 bridgehead atoms. The number of rotatable bonds is 3. The second-order valence-electron chi connectivity index (χ2n) is 4.94. The largest absolute Gasteiger partial charge is 0.409 e. The number of benzene rings is 1. The first-order chi connectivity index (χ1) is 9.65. The van der Waals surface area contributed by atoms with Crippen molar-refractivity contribution >= 4 is 28.3 Å². The first-order valence-corrected chi connectivity index (χ1v) is 6.30. The number of carbonyl (C=O) groups excluding carboxylic acids is 1. The van der Waals surface area contributed by atoms with Gasteiger partial charge in [0.1, 0.15) is 5.41 Å². The molecule has 2 aromatic rings. The number of hydrogen-bond acceptors (Lipinski definition) is 4. The number of nitrogens with one attached hydrogen (secondary N) is 1. The molecule has 1 fully saturated rings. The summed E-state index contributed by atoms with van der Waals surface area (Å²) in [5, 5.41) is 15.4. The Hall–Kier alpha value is -2.63. The molecule has 1 saturated carbocycles. The average molecular weight is 270 g/mol. The SMILES string of the molecule is N/C(=N/O)C1(C(=O)Nc2cnc3ccccc3c2)CC1. The highest BCUT2D eigenvalue weighted by atomic mass is 16.4. The lowest BCUT2D eigenvalue weighted by molar-refractivity contribution is -0.119. The first-order valence-electron chi connectivity index (χ1n) is 6.30. The van der Waals surface area contributed by atoms with Crippen molar-refractivity contribution in [2.24, 2.45) is 16.3 Å². The van der Waals surface area contributed by atoms with Crippen molar-refractivity contribution < 1.29 is 10.0 Å². The van der Waals surface area contributed by atoms with Gasteiger partial charge in [0.2, 0.25) is 5.91 Å². The van der Waals surface area contributed by atoms with Crippen LogP contribution in [0.25, 0.3) is 10.9 Å². The number of aromatic nitrogens is 1. The van der Waals surface area contributed by atoms with Crippen LogP contribution in [0.2, 0.25) is 0 Å². The zero-order chi connectivity index (χ0) is 14.2. The summed E-state index contributed by atoms with van der Waals surface area (Å²) >= 11 is 0. The van der Waals surface area contributed by atoms with E-state index in [0.29, 0.717) is 18.5 Å². The number of nitrogens with two attached hydrogens (primary N) is 1. The minimum atomic E-state index is -0.861. The van der Waals surface area contributed by atoms with E-state index in [1.165, 1.54) is 0 Å². The van der Waals surface area contributed by atoms with Gasteiger partial charge in [0.25, 0.3) is 0 Å². The van der Waals surface area contributed by atoms with E-state index in [0.717, 1.165) is 10.9 Å². The van der Waals surface area contributed by atoms with Gasteiger partial charge in [0.15, 0.2) is 5.84 Å². The number of para-hydroxylation sites is 1. The number of pyridine rings is 1. The summed E-state index contributed by atoms with van der Waals surface area (Å²) < 4.78 is 0. The van der Waals surface area contributed by atoms with Gasteiger partial charge in [-0.3, -0.25) is 9.78 Å². The van der Waals surface area contributed by atoms with Gasteiger partial charge in [-0.15, -0.1) is 0 Å². The van der Waals surface area contributed by atoms with Crippen LogP contribution >= 0.6 is 0 Å². The number of amides is 1. The van der Waals surface area contributed by atoms with Gasteiger partial charge >= 0.3 is 0 Å². The Labute approximate surface area is 115 Å². The van der Waals surface area contributed by atoms with Crippen LogP contribution < -0.4 is 11.1 Å². The van der Waals surface area contributed by atoms with Crippen molar-refractivity contribution in [2.75, 3.05) is 5.32 Å². The second-order valence-corrected chi connectivity index (χ2v) is 4.94. The van der Waals surface area contributed by atoms with Gasteiger partial charge in [-0.2, -0.15) is 0 Å². The highest BCUT2D eigenvalue weighted by Crippen LogP contribution is 2.46. The summed E-state index contributed by atoms with van der Waals surface area (Å²) in [4.78, 5) is 16.5. The summed E-state index contributed by atoms with van der Waals surface area (Å²) in [6.07, 6.45) is 2.79. The number of hydrogen-bond donors (Lipinski definition) is 3. The van der Waals surface area contributed by atoms with Gasteiger partial charge in [-0.25, -0.2) is 0 Å². The number of nitrogens with zero attached hydrogens (tertiary/aromatic N) is 2. The lowest BCUT2D eigenvalue weighted by atomic mass is 10.1. The molecular formula is C14H14N4O2. The summed E-state index contributed by atoms with van der Waals surface area (Å²) in [5.74, 6) is -0.298. The third kappa shape index (κ3) is 1.95. The molecule has 0 unspecified atom stereocenters. The standard InChI is InChI=1S/C14H14N4O2/c15-12(18-20)14(5-6-14)13(19)17-10-7-9-3-1-2-4-11(9)16-8-10/h1-4,7-8,20H,5-6H2,(H2,15,18)(H,17,19). The van der Waals surface area contributed by atoms with E-state index in [2.05, 4.69) is 15.5 Å². The first kappa shape index (κ1) is 12.4. The Bertz CT molecular complexity index is 707. The van der Waals surface area contributed by atoms with E-state index >= 15 is 0 Å². The molecule has 1 aromatic carbocycles. The van der Waals surface area contributed by atoms with Gasteiger partial charge in [0.05, 0.1) is 17.4 Å². The van der Waals surface area contributed by atoms with Crippen LogP contribution in [0.3, 0.4) is 0 Å². The average Bonchev–Trinajstić information content (AvgIpc) is 3.28. The molecule has 1 aromatic heterocycles. The third-order valence-electron chi connectivity index (χ3n) is 3.63. The fourth-order valence-electron chi connectivity index (χ4n) is 2.21. The molecule has 1 aliphatic rings. The van der Waals surface area contributed by atoms with E-state index in [1.807, 2.05) is 30.3 Å². The number of anilines is 1. The number of amidine groups is 1. The van der Waals surface area contributed by atoms with E-state index in [4.69, 9.17) is 10.9 Å². The van der Waals surface area contributed by atoms with E-state index in [-0.39, 0.29) is 11.7 Å². The number of fused-ring (bicyclic) bond motifs is 1. The van der Waals surface area contributed by atoms with E-state index in [9.17, 15) is 4.79 Å². The molecule has 6 nitrogen and oxygen atoms in total. The number of oxime groups is 1. The summed E-state index contributed by atoms with van der Waals surface area (Å²) in [6.45, 7) is 0. The van der Waals surface area contributed by atoms with Crippen molar-refractivity contribution in [3.8, 4) is 0 Å². The van der Waals surface area contributed by atoms with Gasteiger partial charge in [-0.1, -0.05) is 23.4 Å². The second kappa shape index (κ2) is 4.48. The lowest BCUT2D eigenvalue weighted by Gasteiger charge is -2.13. The Morgan fingerprint density at radius 1 is 1.40 bits per heavy atom. The minimum Gasteiger partial charge on any atom is -0.409 e. The van der Waals surface area contributed by atoms with Crippen molar-refractivity contribution in [3.05, 3.63) is 36.5 Å². The van der Waals surface area contributed by atoms with Gasteiger partial charge < -0.3 is 16.3 Å². The topological polar surface area (TPSA) is 101 Å². The highest BCUT2D eigenvalue weighted by Gasteiger charge is 2.54.